The minimum atomic E-state index is -3.59. The molecule has 2 aromatic rings. The van der Waals surface area contributed by atoms with Crippen molar-refractivity contribution in [2.75, 3.05) is 5.32 Å². The standard InChI is InChI=1S/C20H26N2O3S/c1-5-18(15-9-7-6-8-10-15)19(23)21-16-11-13-17(14-12-16)26(24,25)22-20(2,3)4/h6-14,18,22H,5H2,1-4H3,(H,21,23)/t18-/m1/s1. The molecule has 26 heavy (non-hydrogen) atoms. The Kier molecular flexibility index (Phi) is 6.21. The number of nitrogens with one attached hydrogen (secondary N) is 2. The minimum absolute atomic E-state index is 0.109. The van der Waals surface area contributed by atoms with Crippen LogP contribution in [0.1, 0.15) is 45.6 Å². The first-order valence-corrected chi connectivity index (χ1v) is 10.1. The van der Waals surface area contributed by atoms with E-state index in [-0.39, 0.29) is 16.7 Å². The van der Waals surface area contributed by atoms with Gasteiger partial charge >= 0.3 is 0 Å². The molecule has 140 valence electrons. The number of sulfonamides is 1. The molecule has 0 unspecified atom stereocenters. The average Bonchev–Trinajstić information content (AvgIpc) is 2.55. The molecular formula is C20H26N2O3S. The van der Waals surface area contributed by atoms with E-state index in [9.17, 15) is 13.2 Å². The Bertz CT molecular complexity index is 839. The molecule has 0 aliphatic rings. The number of carbonyl (C=O) groups excluding carboxylic acids is 1. The van der Waals surface area contributed by atoms with Gasteiger partial charge in [0.1, 0.15) is 0 Å². The van der Waals surface area contributed by atoms with Crippen LogP contribution in [-0.4, -0.2) is 19.9 Å². The van der Waals surface area contributed by atoms with Crippen molar-refractivity contribution in [1.29, 1.82) is 0 Å². The maximum atomic E-state index is 12.6. The maximum Gasteiger partial charge on any atom is 0.241 e. The molecule has 1 amide bonds. The van der Waals surface area contributed by atoms with Gasteiger partial charge in [0.2, 0.25) is 15.9 Å². The Morgan fingerprint density at radius 3 is 2.08 bits per heavy atom. The van der Waals surface area contributed by atoms with Gasteiger partial charge in [-0.1, -0.05) is 37.3 Å². The Morgan fingerprint density at radius 1 is 1.00 bits per heavy atom. The fraction of sp³-hybridized carbons (Fsp3) is 0.350. The number of amides is 1. The van der Waals surface area contributed by atoms with E-state index in [1.165, 1.54) is 12.1 Å². The third kappa shape index (κ3) is 5.41. The molecule has 6 heteroatoms. The average molecular weight is 375 g/mol. The van der Waals surface area contributed by atoms with E-state index < -0.39 is 15.6 Å². The quantitative estimate of drug-likeness (QED) is 0.805. The zero-order valence-corrected chi connectivity index (χ0v) is 16.4. The van der Waals surface area contributed by atoms with Crippen LogP contribution in [0.25, 0.3) is 0 Å². The molecule has 0 heterocycles. The van der Waals surface area contributed by atoms with Gasteiger partial charge < -0.3 is 5.32 Å². The van der Waals surface area contributed by atoms with E-state index in [1.807, 2.05) is 37.3 Å². The Morgan fingerprint density at radius 2 is 1.58 bits per heavy atom. The van der Waals surface area contributed by atoms with Crippen molar-refractivity contribution in [3.05, 3.63) is 60.2 Å². The van der Waals surface area contributed by atoms with Crippen LogP contribution in [0.5, 0.6) is 0 Å². The lowest BCUT2D eigenvalue weighted by atomic mass is 9.95. The van der Waals surface area contributed by atoms with Gasteiger partial charge in [-0.05, 0) is 57.0 Å². The molecular weight excluding hydrogens is 348 g/mol. The molecule has 0 aliphatic heterocycles. The summed E-state index contributed by atoms with van der Waals surface area (Å²) in [6, 6.07) is 15.8. The van der Waals surface area contributed by atoms with Gasteiger partial charge in [0.15, 0.2) is 0 Å². The van der Waals surface area contributed by atoms with Crippen LogP contribution in [-0.2, 0) is 14.8 Å². The summed E-state index contributed by atoms with van der Waals surface area (Å²) in [5.74, 6) is -0.357. The van der Waals surface area contributed by atoms with Crippen LogP contribution < -0.4 is 10.0 Å². The van der Waals surface area contributed by atoms with Gasteiger partial charge in [0.25, 0.3) is 0 Å². The summed E-state index contributed by atoms with van der Waals surface area (Å²) < 4.78 is 27.3. The molecule has 0 saturated heterocycles. The fourth-order valence-electron chi connectivity index (χ4n) is 2.67. The van der Waals surface area contributed by atoms with Crippen molar-refractivity contribution in [3.63, 3.8) is 0 Å². The highest BCUT2D eigenvalue weighted by Crippen LogP contribution is 2.22. The number of anilines is 1. The monoisotopic (exact) mass is 374 g/mol. The van der Waals surface area contributed by atoms with Crippen LogP contribution in [0.4, 0.5) is 5.69 Å². The Hall–Kier alpha value is -2.18. The largest absolute Gasteiger partial charge is 0.326 e. The van der Waals surface area contributed by atoms with Crippen molar-refractivity contribution >= 4 is 21.6 Å². The second kappa shape index (κ2) is 8.01. The Labute approximate surface area is 155 Å². The summed E-state index contributed by atoms with van der Waals surface area (Å²) in [4.78, 5) is 12.7. The van der Waals surface area contributed by atoms with E-state index in [0.717, 1.165) is 5.56 Å². The van der Waals surface area contributed by atoms with Crippen molar-refractivity contribution in [3.8, 4) is 0 Å². The summed E-state index contributed by atoms with van der Waals surface area (Å²) in [7, 11) is -3.59. The molecule has 0 saturated carbocycles. The Balaban J connectivity index is 2.12. The first-order chi connectivity index (χ1) is 12.1. The molecule has 0 aromatic heterocycles. The fourth-order valence-corrected chi connectivity index (χ4v) is 4.09. The van der Waals surface area contributed by atoms with E-state index in [4.69, 9.17) is 0 Å². The van der Waals surface area contributed by atoms with Crippen molar-refractivity contribution < 1.29 is 13.2 Å². The molecule has 2 N–H and O–H groups in total. The molecule has 0 aliphatic carbocycles. The molecule has 0 radical (unpaired) electrons. The van der Waals surface area contributed by atoms with Crippen molar-refractivity contribution in [1.82, 2.24) is 4.72 Å². The molecule has 2 aromatic carbocycles. The summed E-state index contributed by atoms with van der Waals surface area (Å²) in [5.41, 5.74) is 0.968. The number of benzene rings is 2. The second-order valence-corrected chi connectivity index (χ2v) is 8.92. The third-order valence-corrected chi connectivity index (χ3v) is 5.57. The third-order valence-electron chi connectivity index (χ3n) is 3.80. The SMILES string of the molecule is CC[C@@H](C(=O)Nc1ccc(S(=O)(=O)NC(C)(C)C)cc1)c1ccccc1. The predicted molar refractivity (Wildman–Crippen MR) is 105 cm³/mol. The molecule has 2 rings (SSSR count). The van der Waals surface area contributed by atoms with Crippen LogP contribution in [0.3, 0.4) is 0 Å². The predicted octanol–water partition coefficient (Wildman–Crippen LogP) is 3.90. The molecule has 0 bridgehead atoms. The zero-order valence-electron chi connectivity index (χ0n) is 15.6. The smallest absolute Gasteiger partial charge is 0.241 e. The first kappa shape index (κ1) is 20.1. The summed E-state index contributed by atoms with van der Waals surface area (Å²) in [5, 5.41) is 2.86. The highest BCUT2D eigenvalue weighted by molar-refractivity contribution is 7.89. The lowest BCUT2D eigenvalue weighted by molar-refractivity contribution is -0.117. The number of hydrogen-bond acceptors (Lipinski definition) is 3. The van der Waals surface area contributed by atoms with Crippen LogP contribution in [0.2, 0.25) is 0 Å². The highest BCUT2D eigenvalue weighted by atomic mass is 32.2. The van der Waals surface area contributed by atoms with Gasteiger partial charge in [-0.2, -0.15) is 0 Å². The summed E-state index contributed by atoms with van der Waals surface area (Å²) in [6.45, 7) is 7.32. The zero-order chi connectivity index (χ0) is 19.4. The van der Waals surface area contributed by atoms with E-state index >= 15 is 0 Å². The maximum absolute atomic E-state index is 12.6. The summed E-state index contributed by atoms with van der Waals surface area (Å²) >= 11 is 0. The van der Waals surface area contributed by atoms with Crippen LogP contribution >= 0.6 is 0 Å². The van der Waals surface area contributed by atoms with Crippen molar-refractivity contribution in [2.24, 2.45) is 0 Å². The number of hydrogen-bond donors (Lipinski definition) is 2. The minimum Gasteiger partial charge on any atom is -0.326 e. The van der Waals surface area contributed by atoms with Gasteiger partial charge in [-0.3, -0.25) is 4.79 Å². The van der Waals surface area contributed by atoms with Crippen molar-refractivity contribution in [2.45, 2.75) is 50.5 Å². The molecule has 0 spiro atoms. The van der Waals surface area contributed by atoms with Gasteiger partial charge in [0, 0.05) is 11.2 Å². The van der Waals surface area contributed by atoms with E-state index in [2.05, 4.69) is 10.0 Å². The van der Waals surface area contributed by atoms with E-state index in [1.54, 1.807) is 32.9 Å². The molecule has 1 atom stereocenters. The summed E-state index contributed by atoms with van der Waals surface area (Å²) in [6.07, 6.45) is 0.678. The molecule has 5 nitrogen and oxygen atoms in total. The van der Waals surface area contributed by atoms with E-state index in [0.29, 0.717) is 12.1 Å². The number of rotatable bonds is 6. The highest BCUT2D eigenvalue weighted by Gasteiger charge is 2.22. The lowest BCUT2D eigenvalue weighted by Crippen LogP contribution is -2.40. The van der Waals surface area contributed by atoms with Crippen LogP contribution in [0.15, 0.2) is 59.5 Å². The van der Waals surface area contributed by atoms with Gasteiger partial charge in [-0.25, -0.2) is 13.1 Å². The normalized spacial score (nSPS) is 13.2. The first-order valence-electron chi connectivity index (χ1n) is 8.62. The molecule has 0 fully saturated rings. The lowest BCUT2D eigenvalue weighted by Gasteiger charge is -2.20. The van der Waals surface area contributed by atoms with Crippen LogP contribution in [0, 0.1) is 0 Å². The second-order valence-electron chi connectivity index (χ2n) is 7.24. The van der Waals surface area contributed by atoms with Gasteiger partial charge in [-0.15, -0.1) is 0 Å². The van der Waals surface area contributed by atoms with Gasteiger partial charge in [0.05, 0.1) is 10.8 Å². The topological polar surface area (TPSA) is 75.3 Å². The number of carbonyl (C=O) groups is 1.